The zero-order valence-corrected chi connectivity index (χ0v) is 35.7. The largest absolute Gasteiger partial charge is 0.379 e. The molecule has 5 aromatic heterocycles. The van der Waals surface area contributed by atoms with Crippen molar-refractivity contribution in [3.05, 3.63) is 205 Å². The van der Waals surface area contributed by atoms with Crippen LogP contribution >= 0.6 is 0 Å². The number of aromatic nitrogens is 5. The van der Waals surface area contributed by atoms with E-state index in [0.717, 1.165) is 101 Å². The van der Waals surface area contributed by atoms with Crippen LogP contribution in [0.4, 0.5) is 0 Å². The monoisotopic (exact) mass is 846 g/mol. The molecule has 1 aliphatic heterocycles. The minimum Gasteiger partial charge on any atom is -0.379 e. The Bertz CT molecular complexity index is 4300. The van der Waals surface area contributed by atoms with Gasteiger partial charge in [-0.05, 0) is 67.5 Å². The summed E-state index contributed by atoms with van der Waals surface area (Å²) in [7, 11) is 0. The Labute approximate surface area is 377 Å². The van der Waals surface area contributed by atoms with Gasteiger partial charge in [-0.2, -0.15) is 0 Å². The van der Waals surface area contributed by atoms with E-state index in [4.69, 9.17) is 4.98 Å². The van der Waals surface area contributed by atoms with Crippen molar-refractivity contribution in [1.82, 2.24) is 28.6 Å². The molecule has 0 atom stereocenters. The third-order valence-electron chi connectivity index (χ3n) is 14.4. The van der Waals surface area contributed by atoms with Gasteiger partial charge in [0.15, 0.2) is 0 Å². The molecule has 0 saturated heterocycles. The van der Waals surface area contributed by atoms with Gasteiger partial charge in [-0.3, -0.25) is 9.78 Å². The summed E-state index contributed by atoms with van der Waals surface area (Å²) in [4.78, 5) is 21.0. The highest BCUT2D eigenvalue weighted by molar-refractivity contribution is 6.32. The van der Waals surface area contributed by atoms with Crippen LogP contribution in [-0.4, -0.2) is 35.6 Å². The molecule has 0 bridgehead atoms. The maximum absolute atomic E-state index is 16.0. The van der Waals surface area contributed by atoms with Crippen molar-refractivity contribution in [3.63, 3.8) is 0 Å². The molecule has 0 spiro atoms. The molecule has 0 fully saturated rings. The fourth-order valence-corrected chi connectivity index (χ4v) is 11.8. The van der Waals surface area contributed by atoms with Crippen molar-refractivity contribution < 1.29 is 4.79 Å². The maximum atomic E-state index is 16.0. The molecular weight excluding hydrogens is 809 g/mol. The van der Waals surface area contributed by atoms with Crippen molar-refractivity contribution in [2.45, 2.75) is 12.8 Å². The number of fused-ring (bicyclic) bond motifs is 16. The van der Waals surface area contributed by atoms with Gasteiger partial charge in [0.25, 0.3) is 0 Å². The number of hydrogen-bond donors (Lipinski definition) is 1. The lowest BCUT2D eigenvalue weighted by Crippen LogP contribution is -2.21. The molecular formula is C59H38N6O. The van der Waals surface area contributed by atoms with Gasteiger partial charge < -0.3 is 23.6 Å². The average molecular weight is 847 g/mol. The number of dihydropyridines is 1. The molecule has 7 heteroatoms. The Morgan fingerprint density at radius 3 is 1.62 bits per heavy atom. The van der Waals surface area contributed by atoms with Crippen molar-refractivity contribution in [3.8, 4) is 11.4 Å². The minimum absolute atomic E-state index is 0.0398. The SMILES string of the molecule is O=C1C2=C(NCC=C2n2c3ccccc3c3ccc4c5ccccc5n(C5=CC=CCC5)c4c32)c2nccc(-n3c4ccccc4c4ccc5c6ccccc6n(-c6ccccc6)c5c43)c21. The molecule has 7 aromatic carbocycles. The first kappa shape index (κ1) is 35.7. The Morgan fingerprint density at radius 2 is 1.02 bits per heavy atom. The summed E-state index contributed by atoms with van der Waals surface area (Å²) in [5.41, 5.74) is 15.5. The lowest BCUT2D eigenvalue weighted by molar-refractivity contribution is 0.104. The molecule has 66 heavy (non-hydrogen) atoms. The second kappa shape index (κ2) is 13.2. The number of ketones is 1. The van der Waals surface area contributed by atoms with Gasteiger partial charge in [0.1, 0.15) is 5.69 Å². The first-order valence-corrected chi connectivity index (χ1v) is 22.8. The number of carbonyl (C=O) groups excluding carboxylic acids is 1. The van der Waals surface area contributed by atoms with E-state index in [1.54, 1.807) is 0 Å². The predicted molar refractivity (Wildman–Crippen MR) is 272 cm³/mol. The number of benzene rings is 7. The highest BCUT2D eigenvalue weighted by atomic mass is 16.1. The van der Waals surface area contributed by atoms with E-state index < -0.39 is 0 Å². The number of carbonyl (C=O) groups is 1. The second-order valence-electron chi connectivity index (χ2n) is 17.7. The van der Waals surface area contributed by atoms with Crippen LogP contribution in [0.5, 0.6) is 0 Å². The van der Waals surface area contributed by atoms with Crippen molar-refractivity contribution in [2.75, 3.05) is 6.54 Å². The Morgan fingerprint density at radius 1 is 0.500 bits per heavy atom. The quantitative estimate of drug-likeness (QED) is 0.192. The average Bonchev–Trinajstić information content (AvgIpc) is 4.17. The van der Waals surface area contributed by atoms with Gasteiger partial charge in [0.05, 0.1) is 72.4 Å². The Hall–Kier alpha value is -8.68. The van der Waals surface area contributed by atoms with Crippen LogP contribution in [0.1, 0.15) is 28.9 Å². The molecule has 1 N–H and O–H groups in total. The van der Waals surface area contributed by atoms with E-state index in [2.05, 4.69) is 200 Å². The summed E-state index contributed by atoms with van der Waals surface area (Å²) in [5.74, 6) is -0.0398. The highest BCUT2D eigenvalue weighted by Gasteiger charge is 2.39. The van der Waals surface area contributed by atoms with Gasteiger partial charge in [0.2, 0.25) is 5.78 Å². The molecule has 310 valence electrons. The molecule has 0 amide bonds. The van der Waals surface area contributed by atoms with Crippen LogP contribution in [0.25, 0.3) is 116 Å². The van der Waals surface area contributed by atoms with Crippen LogP contribution in [-0.2, 0) is 0 Å². The number of rotatable bonds is 4. The second-order valence-corrected chi connectivity index (χ2v) is 17.7. The van der Waals surface area contributed by atoms with E-state index in [0.29, 0.717) is 23.4 Å². The number of pyridine rings is 1. The van der Waals surface area contributed by atoms with Gasteiger partial charge in [-0.25, -0.2) is 0 Å². The van der Waals surface area contributed by atoms with Crippen molar-refractivity contribution in [1.29, 1.82) is 0 Å². The lowest BCUT2D eigenvalue weighted by Gasteiger charge is -2.21. The minimum atomic E-state index is -0.0398. The molecule has 12 aromatic rings. The van der Waals surface area contributed by atoms with Crippen LogP contribution in [0, 0.1) is 0 Å². The Balaban J connectivity index is 1.01. The van der Waals surface area contributed by atoms with Crippen LogP contribution < -0.4 is 5.32 Å². The number of nitrogens with one attached hydrogen (secondary N) is 1. The lowest BCUT2D eigenvalue weighted by atomic mass is 10.0. The normalized spacial score (nSPS) is 15.0. The summed E-state index contributed by atoms with van der Waals surface area (Å²) >= 11 is 0. The van der Waals surface area contributed by atoms with Gasteiger partial charge >= 0.3 is 0 Å². The van der Waals surface area contributed by atoms with E-state index >= 15 is 4.79 Å². The third-order valence-corrected chi connectivity index (χ3v) is 14.4. The van der Waals surface area contributed by atoms with E-state index in [1.165, 1.54) is 27.4 Å². The van der Waals surface area contributed by atoms with Crippen LogP contribution in [0.15, 0.2) is 194 Å². The zero-order valence-electron chi connectivity index (χ0n) is 35.7. The number of hydrogen-bond acceptors (Lipinski definition) is 3. The number of para-hydroxylation sites is 5. The summed E-state index contributed by atoms with van der Waals surface area (Å²) in [6, 6.07) is 56.4. The first-order chi connectivity index (χ1) is 32.7. The number of Topliss-reactive ketones (excluding diaryl/α,β-unsaturated/α-hetero) is 1. The summed E-state index contributed by atoms with van der Waals surface area (Å²) in [6.07, 6.45) is 12.7. The standard InChI is InChI=1S/C59H38N6O/c66-59-51-49(64-47-25-13-9-21-39(47)43-29-27-41-37-19-7-11-23-45(37)62(55(41)57(43)64)35-15-3-1-4-16-35)31-33-60-53(51)54-52(59)50(32-34-61-54)65-48-26-14-10-22-40(48)44-30-28-42-38-20-8-12-24-46(38)63(56(42)58(44)65)36-17-5-2-6-18-36/h1-5,7-17,19-33,61H,6,18,34H2. The van der Waals surface area contributed by atoms with E-state index in [1.807, 2.05) is 12.3 Å². The predicted octanol–water partition coefficient (Wildman–Crippen LogP) is 13.7. The molecule has 6 heterocycles. The first-order valence-electron chi connectivity index (χ1n) is 22.8. The van der Waals surface area contributed by atoms with Crippen molar-refractivity contribution in [2.24, 2.45) is 0 Å². The van der Waals surface area contributed by atoms with Gasteiger partial charge in [-0.15, -0.1) is 0 Å². The molecule has 2 aliphatic carbocycles. The fraction of sp³-hybridized carbons (Fsp3) is 0.0508. The molecule has 7 nitrogen and oxygen atoms in total. The van der Waals surface area contributed by atoms with E-state index in [-0.39, 0.29) is 5.78 Å². The third kappa shape index (κ3) is 4.55. The topological polar surface area (TPSA) is 61.7 Å². The van der Waals surface area contributed by atoms with Crippen LogP contribution in [0.2, 0.25) is 0 Å². The summed E-state index contributed by atoms with van der Waals surface area (Å²) in [6.45, 7) is 0.545. The molecule has 15 rings (SSSR count). The zero-order chi connectivity index (χ0) is 43.2. The molecule has 3 aliphatic rings. The number of allylic oxidation sites excluding steroid dienone is 6. The summed E-state index contributed by atoms with van der Waals surface area (Å²) in [5, 5.41) is 13.0. The van der Waals surface area contributed by atoms with Gasteiger partial charge in [-0.1, -0.05) is 127 Å². The van der Waals surface area contributed by atoms with E-state index in [9.17, 15) is 0 Å². The maximum Gasteiger partial charge on any atom is 0.201 e. The molecule has 0 radical (unpaired) electrons. The van der Waals surface area contributed by atoms with Crippen LogP contribution in [0.3, 0.4) is 0 Å². The number of nitrogens with zero attached hydrogens (tertiary/aromatic N) is 5. The smallest absolute Gasteiger partial charge is 0.201 e. The Kier molecular flexibility index (Phi) is 7.14. The summed E-state index contributed by atoms with van der Waals surface area (Å²) < 4.78 is 9.58. The molecule has 0 unspecified atom stereocenters. The van der Waals surface area contributed by atoms with Gasteiger partial charge in [0, 0.05) is 67.2 Å². The highest BCUT2D eigenvalue weighted by Crippen LogP contribution is 2.48. The van der Waals surface area contributed by atoms with Crippen molar-refractivity contribution >= 4 is 110 Å². The molecule has 0 saturated carbocycles. The fourth-order valence-electron chi connectivity index (χ4n) is 11.8.